The number of carbonyl (C=O) groups is 1. The highest BCUT2D eigenvalue weighted by Gasteiger charge is 2.56. The van der Waals surface area contributed by atoms with Crippen LogP contribution in [0.2, 0.25) is 0 Å². The third kappa shape index (κ3) is 2.92. The summed E-state index contributed by atoms with van der Waals surface area (Å²) in [5, 5.41) is 0. The Hall–Kier alpha value is -1.51. The molecule has 0 aromatic heterocycles. The van der Waals surface area contributed by atoms with Crippen molar-refractivity contribution >= 4 is 16.1 Å². The van der Waals surface area contributed by atoms with Gasteiger partial charge in [-0.1, -0.05) is 13.0 Å². The highest BCUT2D eigenvalue weighted by molar-refractivity contribution is 7.87. The van der Waals surface area contributed by atoms with Crippen LogP contribution in [0.5, 0.6) is 0 Å². The van der Waals surface area contributed by atoms with Crippen LogP contribution in [0.4, 0.5) is 13.2 Å². The van der Waals surface area contributed by atoms with Gasteiger partial charge in [-0.2, -0.15) is 21.6 Å². The molecular weight excluding hydrogens is 313 g/mol. The van der Waals surface area contributed by atoms with Crippen LogP contribution in [0.1, 0.15) is 19.8 Å². The predicted octanol–water partition coefficient (Wildman–Crippen LogP) is 2.51. The minimum atomic E-state index is -5.85. The molecule has 0 heterocycles. The molecule has 0 radical (unpaired) electrons. The minimum Gasteiger partial charge on any atom is -0.468 e. The molecule has 0 N–H and O–H groups in total. The number of halogens is 3. The Kier molecular flexibility index (Phi) is 4.76. The van der Waals surface area contributed by atoms with Gasteiger partial charge in [-0.3, -0.25) is 4.79 Å². The number of hydrogen-bond donors (Lipinski definition) is 0. The van der Waals surface area contributed by atoms with E-state index >= 15 is 0 Å². The Morgan fingerprint density at radius 2 is 2.14 bits per heavy atom. The van der Waals surface area contributed by atoms with Gasteiger partial charge in [0, 0.05) is 0 Å². The van der Waals surface area contributed by atoms with Crippen molar-refractivity contribution in [3.8, 4) is 0 Å². The first-order valence-electron chi connectivity index (χ1n) is 5.93. The second kappa shape index (κ2) is 5.70. The first-order chi connectivity index (χ1) is 9.53. The fourth-order valence-electron chi connectivity index (χ4n) is 2.28. The summed E-state index contributed by atoms with van der Waals surface area (Å²) in [6.07, 6.45) is 2.55. The topological polar surface area (TPSA) is 69.7 Å². The van der Waals surface area contributed by atoms with E-state index < -0.39 is 38.7 Å². The van der Waals surface area contributed by atoms with Gasteiger partial charge >= 0.3 is 21.6 Å². The Bertz CT molecular complexity index is 564. The number of methoxy groups -OCH3 is 1. The van der Waals surface area contributed by atoms with E-state index in [2.05, 4.69) is 15.5 Å². The van der Waals surface area contributed by atoms with Gasteiger partial charge in [0.15, 0.2) is 0 Å². The van der Waals surface area contributed by atoms with Gasteiger partial charge in [0.1, 0.15) is 11.2 Å². The summed E-state index contributed by atoms with van der Waals surface area (Å²) in [7, 11) is -4.78. The van der Waals surface area contributed by atoms with E-state index in [1.54, 1.807) is 6.92 Å². The van der Waals surface area contributed by atoms with Crippen molar-refractivity contribution in [1.82, 2.24) is 0 Å². The number of esters is 1. The molecule has 1 aliphatic rings. The first kappa shape index (κ1) is 17.5. The van der Waals surface area contributed by atoms with Crippen LogP contribution in [-0.2, 0) is 23.8 Å². The SMILES string of the molecule is C=CC[C@]1(C(=O)OC)C(OS(=O)(=O)C(F)(F)F)=CC[C@H]1C. The largest absolute Gasteiger partial charge is 0.534 e. The van der Waals surface area contributed by atoms with E-state index in [0.717, 1.165) is 13.2 Å². The van der Waals surface area contributed by atoms with Gasteiger partial charge in [-0.25, -0.2) is 0 Å². The normalized spacial score (nSPS) is 26.1. The second-order valence-corrected chi connectivity index (χ2v) is 6.18. The van der Waals surface area contributed by atoms with Crippen molar-refractivity contribution in [3.63, 3.8) is 0 Å². The number of ether oxygens (including phenoxy) is 1. The maximum atomic E-state index is 12.4. The van der Waals surface area contributed by atoms with Gasteiger partial charge < -0.3 is 8.92 Å². The number of hydrogen-bond acceptors (Lipinski definition) is 5. The fraction of sp³-hybridized carbons (Fsp3) is 0.583. The van der Waals surface area contributed by atoms with Gasteiger partial charge in [0.25, 0.3) is 0 Å². The average molecular weight is 328 g/mol. The molecule has 120 valence electrons. The van der Waals surface area contributed by atoms with Crippen LogP contribution in [0.25, 0.3) is 0 Å². The highest BCUT2D eigenvalue weighted by atomic mass is 32.2. The predicted molar refractivity (Wildman–Crippen MR) is 67.2 cm³/mol. The van der Waals surface area contributed by atoms with Gasteiger partial charge in [-0.15, -0.1) is 6.58 Å². The summed E-state index contributed by atoms with van der Waals surface area (Å²) in [4.78, 5) is 12.0. The number of alkyl halides is 3. The molecule has 9 heteroatoms. The highest BCUT2D eigenvalue weighted by Crippen LogP contribution is 2.49. The summed E-state index contributed by atoms with van der Waals surface area (Å²) in [5.74, 6) is -1.92. The van der Waals surface area contributed by atoms with Crippen LogP contribution in [0.3, 0.4) is 0 Å². The Balaban J connectivity index is 3.28. The molecule has 0 saturated heterocycles. The smallest absolute Gasteiger partial charge is 0.468 e. The van der Waals surface area contributed by atoms with E-state index in [1.165, 1.54) is 6.08 Å². The minimum absolute atomic E-state index is 0.0972. The van der Waals surface area contributed by atoms with Crippen LogP contribution in [0.15, 0.2) is 24.5 Å². The van der Waals surface area contributed by atoms with Crippen molar-refractivity contribution in [1.29, 1.82) is 0 Å². The number of carbonyl (C=O) groups excluding carboxylic acids is 1. The lowest BCUT2D eigenvalue weighted by atomic mass is 9.75. The molecule has 5 nitrogen and oxygen atoms in total. The molecule has 0 aliphatic heterocycles. The molecule has 0 saturated carbocycles. The first-order valence-corrected chi connectivity index (χ1v) is 7.34. The number of rotatable bonds is 5. The summed E-state index contributed by atoms with van der Waals surface area (Å²) in [6, 6.07) is 0. The molecule has 0 spiro atoms. The zero-order chi connectivity index (χ0) is 16.5. The van der Waals surface area contributed by atoms with Crippen molar-refractivity contribution < 1.29 is 35.3 Å². The average Bonchev–Trinajstić information content (AvgIpc) is 2.66. The van der Waals surface area contributed by atoms with Gasteiger partial charge in [0.2, 0.25) is 0 Å². The quantitative estimate of drug-likeness (QED) is 0.336. The second-order valence-electron chi connectivity index (χ2n) is 4.64. The third-order valence-electron chi connectivity index (χ3n) is 3.44. The molecule has 0 bridgehead atoms. The third-order valence-corrected chi connectivity index (χ3v) is 4.40. The lowest BCUT2D eigenvalue weighted by Crippen LogP contribution is -2.39. The van der Waals surface area contributed by atoms with Gasteiger partial charge in [-0.05, 0) is 24.8 Å². The van der Waals surface area contributed by atoms with Crippen LogP contribution in [-0.4, -0.2) is 27.0 Å². The number of allylic oxidation sites excluding steroid dienone is 2. The fourth-order valence-corrected chi connectivity index (χ4v) is 2.83. The van der Waals surface area contributed by atoms with E-state index in [9.17, 15) is 26.4 Å². The molecule has 1 aliphatic carbocycles. The standard InChI is InChI=1S/C12H15F3O5S/c1-4-7-11(10(16)19-3)8(2)5-6-9(11)20-21(17,18)12(13,14)15/h4,6,8H,1,5,7H2,2-3H3/t8-,11-/m1/s1. The van der Waals surface area contributed by atoms with Gasteiger partial charge in [0.05, 0.1) is 7.11 Å². The lowest BCUT2D eigenvalue weighted by molar-refractivity contribution is -0.154. The molecule has 1 rings (SSSR count). The maximum Gasteiger partial charge on any atom is 0.534 e. The van der Waals surface area contributed by atoms with Crippen molar-refractivity contribution in [2.75, 3.05) is 7.11 Å². The van der Waals surface area contributed by atoms with Crippen molar-refractivity contribution in [3.05, 3.63) is 24.5 Å². The Morgan fingerprint density at radius 1 is 1.57 bits per heavy atom. The lowest BCUT2D eigenvalue weighted by Gasteiger charge is -2.32. The maximum absolute atomic E-state index is 12.4. The molecule has 0 aromatic rings. The summed E-state index contributed by atoms with van der Waals surface area (Å²) in [6.45, 7) is 5.03. The van der Waals surface area contributed by atoms with E-state index in [4.69, 9.17) is 0 Å². The Labute approximate surface area is 120 Å². The monoisotopic (exact) mass is 328 g/mol. The van der Waals surface area contributed by atoms with Crippen LogP contribution in [0, 0.1) is 11.3 Å². The van der Waals surface area contributed by atoms with Crippen molar-refractivity contribution in [2.45, 2.75) is 25.3 Å². The molecule has 2 atom stereocenters. The zero-order valence-electron chi connectivity index (χ0n) is 11.4. The zero-order valence-corrected chi connectivity index (χ0v) is 12.3. The molecule has 0 unspecified atom stereocenters. The molecule has 21 heavy (non-hydrogen) atoms. The van der Waals surface area contributed by atoms with E-state index in [-0.39, 0.29) is 12.8 Å². The molecule has 0 amide bonds. The van der Waals surface area contributed by atoms with E-state index in [1.807, 2.05) is 0 Å². The Morgan fingerprint density at radius 3 is 2.57 bits per heavy atom. The molecule has 0 aromatic carbocycles. The summed E-state index contributed by atoms with van der Waals surface area (Å²) in [5.41, 5.74) is -7.19. The summed E-state index contributed by atoms with van der Waals surface area (Å²) >= 11 is 0. The van der Waals surface area contributed by atoms with Crippen molar-refractivity contribution in [2.24, 2.45) is 11.3 Å². The van der Waals surface area contributed by atoms with Crippen LogP contribution < -0.4 is 0 Å². The molecular formula is C12H15F3O5S. The molecule has 0 fully saturated rings. The van der Waals surface area contributed by atoms with Crippen LogP contribution >= 0.6 is 0 Å². The van der Waals surface area contributed by atoms with E-state index in [0.29, 0.717) is 0 Å². The summed E-state index contributed by atoms with van der Waals surface area (Å²) < 4.78 is 68.4.